The van der Waals surface area contributed by atoms with Gasteiger partial charge < -0.3 is 14.6 Å². The van der Waals surface area contributed by atoms with Gasteiger partial charge in [0.1, 0.15) is 0 Å². The molecule has 0 amide bonds. The first-order chi connectivity index (χ1) is 23.5. The quantitative estimate of drug-likeness (QED) is 0.104. The zero-order valence-electron chi connectivity index (χ0n) is 28.7. The molecule has 4 atom stereocenters. The second-order valence-electron chi connectivity index (χ2n) is 14.1. The Hall–Kier alpha value is -3.48. The van der Waals surface area contributed by atoms with Crippen LogP contribution in [-0.2, 0) is 21.4 Å². The van der Waals surface area contributed by atoms with Gasteiger partial charge in [-0.05, 0) is 101 Å². The molecule has 5 aliphatic rings. The highest BCUT2D eigenvalue weighted by molar-refractivity contribution is 5.90. The molecule has 6 heteroatoms. The number of aliphatic hydroxyl groups is 1. The zero-order chi connectivity index (χ0) is 33.4. The SMILES string of the molecule is CC/C=C\C/C=C\C/C=C\C/C=C\C/C=C\C/C=C\CCC(=O)Oc1ccc2c3c1O[C@H]1C(=O)CC[C@@]4(O)[C@@H](C2)N(CC2CC2)CCC314. The summed E-state index contributed by atoms with van der Waals surface area (Å²) in [6.07, 6.45) is 36.6. The first kappa shape index (κ1) is 34.4. The summed E-state index contributed by atoms with van der Waals surface area (Å²) in [6.45, 7) is 4.03. The predicted octanol–water partition coefficient (Wildman–Crippen LogP) is 8.20. The average molecular weight is 652 g/mol. The molecule has 1 unspecified atom stereocenters. The standard InChI is InChI=1S/C42H53NO5/c1-2-3-4-5-6-7-8-9-10-11-12-13-14-15-16-17-18-19-20-21-37(45)47-35-25-24-33-30-36-42(46)27-26-34(44)40-41(42,38(33)39(35)48-40)28-29-43(36)31-32-22-23-32/h3-4,6-7,9-10,12-13,15-16,18-19,24-25,32,36,40,46H,2,5,8,11,14,17,20-23,26-31H2,1H3/b4-3-,7-6-,10-9-,13-12-,16-15-,19-18-/t36-,40+,41?,42-/m1/s1. The van der Waals surface area contributed by atoms with Gasteiger partial charge in [0, 0.05) is 31.0 Å². The molecule has 1 saturated heterocycles. The van der Waals surface area contributed by atoms with Gasteiger partial charge in [0.25, 0.3) is 0 Å². The monoisotopic (exact) mass is 651 g/mol. The number of hydrogen-bond donors (Lipinski definition) is 1. The van der Waals surface area contributed by atoms with Gasteiger partial charge in [-0.1, -0.05) is 85.9 Å². The summed E-state index contributed by atoms with van der Waals surface area (Å²) in [7, 11) is 0. The molecule has 2 bridgehead atoms. The fourth-order valence-corrected chi connectivity index (χ4v) is 8.35. The summed E-state index contributed by atoms with van der Waals surface area (Å²) in [5.41, 5.74) is 0.267. The highest BCUT2D eigenvalue weighted by atomic mass is 16.6. The maximum atomic E-state index is 13.3. The van der Waals surface area contributed by atoms with Crippen molar-refractivity contribution < 1.29 is 24.2 Å². The van der Waals surface area contributed by atoms with Gasteiger partial charge >= 0.3 is 5.97 Å². The third-order valence-corrected chi connectivity index (χ3v) is 10.9. The molecule has 1 aromatic rings. The number of nitrogens with zero attached hydrogens (tertiary/aromatic N) is 1. The number of carbonyl (C=O) groups is 2. The van der Waals surface area contributed by atoms with E-state index in [1.165, 1.54) is 12.8 Å². The maximum Gasteiger partial charge on any atom is 0.311 e. The van der Waals surface area contributed by atoms with E-state index in [1.807, 2.05) is 18.2 Å². The fourth-order valence-electron chi connectivity index (χ4n) is 8.35. The molecule has 256 valence electrons. The normalized spacial score (nSPS) is 28.2. The highest BCUT2D eigenvalue weighted by Crippen LogP contribution is 2.65. The molecule has 6 rings (SSSR count). The van der Waals surface area contributed by atoms with E-state index >= 15 is 0 Å². The second kappa shape index (κ2) is 15.8. The predicted molar refractivity (Wildman–Crippen MR) is 191 cm³/mol. The molecular weight excluding hydrogens is 598 g/mol. The molecule has 3 fully saturated rings. The van der Waals surface area contributed by atoms with E-state index in [-0.39, 0.29) is 24.2 Å². The Morgan fingerprint density at radius 2 is 1.54 bits per heavy atom. The smallest absolute Gasteiger partial charge is 0.311 e. The molecule has 6 nitrogen and oxygen atoms in total. The molecule has 2 saturated carbocycles. The minimum absolute atomic E-state index is 0.0145. The van der Waals surface area contributed by atoms with Crippen molar-refractivity contribution in [2.24, 2.45) is 5.92 Å². The summed E-state index contributed by atoms with van der Waals surface area (Å²) in [5.74, 6) is 1.33. The van der Waals surface area contributed by atoms with E-state index in [4.69, 9.17) is 9.47 Å². The van der Waals surface area contributed by atoms with Crippen LogP contribution in [0.2, 0.25) is 0 Å². The number of Topliss-reactive ketones (excluding diaryl/α,β-unsaturated/α-hetero) is 1. The van der Waals surface area contributed by atoms with Crippen LogP contribution in [0, 0.1) is 5.92 Å². The van der Waals surface area contributed by atoms with Crippen LogP contribution in [0.4, 0.5) is 0 Å². The van der Waals surface area contributed by atoms with Crippen LogP contribution in [-0.4, -0.2) is 52.6 Å². The maximum absolute atomic E-state index is 13.3. The number of ether oxygens (including phenoxy) is 2. The van der Waals surface area contributed by atoms with Gasteiger partial charge in [-0.2, -0.15) is 0 Å². The van der Waals surface area contributed by atoms with Crippen LogP contribution in [0.15, 0.2) is 85.0 Å². The average Bonchev–Trinajstić information content (AvgIpc) is 3.82. The van der Waals surface area contributed by atoms with E-state index in [0.717, 1.165) is 75.1 Å². The van der Waals surface area contributed by atoms with E-state index < -0.39 is 17.1 Å². The topological polar surface area (TPSA) is 76.1 Å². The Balaban J connectivity index is 0.952. The molecule has 1 spiro atoms. The zero-order valence-corrected chi connectivity index (χ0v) is 28.7. The number of hydrogen-bond acceptors (Lipinski definition) is 6. The summed E-state index contributed by atoms with van der Waals surface area (Å²) >= 11 is 0. The Kier molecular flexibility index (Phi) is 11.3. The number of carbonyl (C=O) groups excluding carboxylic acids is 2. The fraction of sp³-hybridized carbons (Fsp3) is 0.524. The number of likely N-dealkylation sites (tertiary alicyclic amines) is 1. The molecule has 2 aliphatic heterocycles. The Labute approximate surface area is 287 Å². The van der Waals surface area contributed by atoms with Crippen LogP contribution in [0.5, 0.6) is 11.5 Å². The summed E-state index contributed by atoms with van der Waals surface area (Å²) in [6, 6.07) is 3.85. The van der Waals surface area contributed by atoms with Crippen molar-refractivity contribution in [2.45, 2.75) is 120 Å². The van der Waals surface area contributed by atoms with Gasteiger partial charge in [0.2, 0.25) is 0 Å². The minimum atomic E-state index is -1.02. The Morgan fingerprint density at radius 1 is 0.917 bits per heavy atom. The van der Waals surface area contributed by atoms with E-state index in [1.54, 1.807) is 0 Å². The lowest BCUT2D eigenvalue weighted by Gasteiger charge is -2.62. The molecule has 1 aromatic carbocycles. The number of ketones is 1. The van der Waals surface area contributed by atoms with E-state index in [2.05, 4.69) is 78.7 Å². The molecular formula is C42H53NO5. The van der Waals surface area contributed by atoms with Gasteiger partial charge in [-0.15, -0.1) is 0 Å². The van der Waals surface area contributed by atoms with Gasteiger partial charge in [-0.25, -0.2) is 0 Å². The summed E-state index contributed by atoms with van der Waals surface area (Å²) < 4.78 is 12.3. The first-order valence-electron chi connectivity index (χ1n) is 18.4. The van der Waals surface area contributed by atoms with E-state index in [9.17, 15) is 14.7 Å². The summed E-state index contributed by atoms with van der Waals surface area (Å²) in [4.78, 5) is 28.7. The third-order valence-electron chi connectivity index (χ3n) is 10.9. The molecule has 0 aromatic heterocycles. The lowest BCUT2D eigenvalue weighted by atomic mass is 9.49. The number of allylic oxidation sites excluding steroid dienone is 12. The number of benzene rings is 1. The Morgan fingerprint density at radius 3 is 2.17 bits per heavy atom. The molecule has 2 heterocycles. The van der Waals surface area contributed by atoms with E-state index in [0.29, 0.717) is 37.2 Å². The van der Waals surface area contributed by atoms with Crippen molar-refractivity contribution >= 4 is 11.8 Å². The van der Waals surface area contributed by atoms with Crippen molar-refractivity contribution in [3.63, 3.8) is 0 Å². The lowest BCUT2D eigenvalue weighted by Crippen LogP contribution is -2.76. The number of esters is 1. The third kappa shape index (κ3) is 7.25. The van der Waals surface area contributed by atoms with Crippen LogP contribution >= 0.6 is 0 Å². The molecule has 3 aliphatic carbocycles. The number of rotatable bonds is 17. The highest BCUT2D eigenvalue weighted by Gasteiger charge is 2.73. The minimum Gasteiger partial charge on any atom is -0.477 e. The molecule has 48 heavy (non-hydrogen) atoms. The first-order valence-corrected chi connectivity index (χ1v) is 18.4. The van der Waals surface area contributed by atoms with Crippen LogP contribution in [0.1, 0.15) is 102 Å². The van der Waals surface area contributed by atoms with Crippen molar-refractivity contribution in [3.05, 3.63) is 96.2 Å². The largest absolute Gasteiger partial charge is 0.477 e. The van der Waals surface area contributed by atoms with Crippen LogP contribution in [0.25, 0.3) is 0 Å². The van der Waals surface area contributed by atoms with Crippen molar-refractivity contribution in [2.75, 3.05) is 13.1 Å². The summed E-state index contributed by atoms with van der Waals surface area (Å²) in [5, 5.41) is 12.4. The van der Waals surface area contributed by atoms with Gasteiger partial charge in [0.15, 0.2) is 23.4 Å². The van der Waals surface area contributed by atoms with Crippen molar-refractivity contribution in [1.29, 1.82) is 0 Å². The van der Waals surface area contributed by atoms with Gasteiger partial charge in [-0.3, -0.25) is 14.5 Å². The van der Waals surface area contributed by atoms with Crippen LogP contribution in [0.3, 0.4) is 0 Å². The van der Waals surface area contributed by atoms with Crippen molar-refractivity contribution in [3.8, 4) is 11.5 Å². The van der Waals surface area contributed by atoms with Gasteiger partial charge in [0.05, 0.1) is 11.0 Å². The Bertz CT molecular complexity index is 1500. The number of piperidine rings is 1. The molecule has 1 N–H and O–H groups in total. The van der Waals surface area contributed by atoms with Crippen molar-refractivity contribution in [1.82, 2.24) is 4.90 Å². The van der Waals surface area contributed by atoms with Crippen LogP contribution < -0.4 is 9.47 Å². The lowest BCUT2D eigenvalue weighted by molar-refractivity contribution is -0.188. The second-order valence-corrected chi connectivity index (χ2v) is 14.1. The molecule has 0 radical (unpaired) electrons.